The third-order valence-electron chi connectivity index (χ3n) is 4.59. The summed E-state index contributed by atoms with van der Waals surface area (Å²) in [5.74, 6) is 0.929. The lowest BCUT2D eigenvalue weighted by Gasteiger charge is -2.34. The van der Waals surface area contributed by atoms with Crippen molar-refractivity contribution in [3.05, 3.63) is 35.9 Å². The smallest absolute Gasteiger partial charge is 0.225 e. The average Bonchev–Trinajstić information content (AvgIpc) is 3.08. The molecule has 1 amide bonds. The molecule has 8 nitrogen and oxygen atoms in total. The molecule has 2 aromatic heterocycles. The number of carbonyl (C=O) groups is 1. The maximum Gasteiger partial charge on any atom is 0.225 e. The van der Waals surface area contributed by atoms with E-state index in [0.717, 1.165) is 30.3 Å². The monoisotopic (exact) mass is 343 g/mol. The number of aryl methyl sites for hydroxylation is 1. The van der Waals surface area contributed by atoms with Crippen molar-refractivity contribution in [1.29, 1.82) is 0 Å². The van der Waals surface area contributed by atoms with Crippen molar-refractivity contribution in [2.75, 3.05) is 37.6 Å². The molecular weight excluding hydrogens is 318 g/mol. The molecule has 25 heavy (non-hydrogen) atoms. The Morgan fingerprint density at radius 3 is 2.64 bits per heavy atom. The van der Waals surface area contributed by atoms with Gasteiger partial charge in [0, 0.05) is 68.8 Å². The maximum atomic E-state index is 12.4. The molecule has 1 fully saturated rings. The van der Waals surface area contributed by atoms with Crippen molar-refractivity contribution in [3.8, 4) is 0 Å². The molecule has 1 aliphatic heterocycles. The van der Waals surface area contributed by atoms with Gasteiger partial charge in [0.05, 0.1) is 6.20 Å². The van der Waals surface area contributed by atoms with Gasteiger partial charge in [0.2, 0.25) is 11.9 Å². The molecule has 1 saturated heterocycles. The molecule has 3 rings (SSSR count). The van der Waals surface area contributed by atoms with Gasteiger partial charge in [-0.3, -0.25) is 9.89 Å². The van der Waals surface area contributed by atoms with E-state index in [9.17, 15) is 4.79 Å². The lowest BCUT2D eigenvalue weighted by atomic mass is 10.1. The Hall–Kier alpha value is -2.48. The number of amides is 1. The molecule has 3 heterocycles. The third-order valence-corrected chi connectivity index (χ3v) is 4.59. The molecule has 0 aromatic carbocycles. The van der Waals surface area contributed by atoms with Gasteiger partial charge >= 0.3 is 0 Å². The first-order chi connectivity index (χ1) is 12.1. The molecule has 2 aromatic rings. The number of hydrogen-bond acceptors (Lipinski definition) is 6. The van der Waals surface area contributed by atoms with Gasteiger partial charge in [0.15, 0.2) is 0 Å². The molecule has 0 saturated carbocycles. The summed E-state index contributed by atoms with van der Waals surface area (Å²) in [4.78, 5) is 25.0. The summed E-state index contributed by atoms with van der Waals surface area (Å²) in [6.45, 7) is 7.72. The van der Waals surface area contributed by atoms with Crippen LogP contribution in [0.5, 0.6) is 0 Å². The highest BCUT2D eigenvalue weighted by atomic mass is 16.2. The van der Waals surface area contributed by atoms with Crippen molar-refractivity contribution in [1.82, 2.24) is 30.4 Å². The molecular formula is C17H25N7O. The second-order valence-corrected chi connectivity index (χ2v) is 6.29. The van der Waals surface area contributed by atoms with E-state index < -0.39 is 0 Å². The number of aromatic amines is 1. The molecule has 0 aliphatic carbocycles. The number of rotatable bonds is 6. The topological polar surface area (TPSA) is 90.0 Å². The Morgan fingerprint density at radius 2 is 2.00 bits per heavy atom. The van der Waals surface area contributed by atoms with Crippen molar-refractivity contribution in [2.45, 2.75) is 26.3 Å². The van der Waals surface area contributed by atoms with Crippen molar-refractivity contribution >= 4 is 11.9 Å². The predicted molar refractivity (Wildman–Crippen MR) is 95.2 cm³/mol. The number of hydrogen-bond donors (Lipinski definition) is 2. The summed E-state index contributed by atoms with van der Waals surface area (Å²) >= 11 is 0. The Morgan fingerprint density at radius 1 is 1.28 bits per heavy atom. The highest BCUT2D eigenvalue weighted by Gasteiger charge is 2.22. The fourth-order valence-corrected chi connectivity index (χ4v) is 3.07. The predicted octanol–water partition coefficient (Wildman–Crippen LogP) is 0.898. The van der Waals surface area contributed by atoms with Gasteiger partial charge in [-0.2, -0.15) is 5.10 Å². The van der Waals surface area contributed by atoms with E-state index in [2.05, 4.69) is 37.3 Å². The fourth-order valence-electron chi connectivity index (χ4n) is 3.07. The van der Waals surface area contributed by atoms with Crippen LogP contribution in [-0.2, 0) is 4.79 Å². The average molecular weight is 343 g/mol. The number of anilines is 1. The number of nitrogens with zero attached hydrogens (tertiary/aromatic N) is 5. The number of nitrogens with one attached hydrogen (secondary N) is 2. The van der Waals surface area contributed by atoms with Crippen LogP contribution in [-0.4, -0.2) is 63.7 Å². The van der Waals surface area contributed by atoms with Crippen LogP contribution < -0.4 is 10.2 Å². The van der Waals surface area contributed by atoms with Crippen molar-refractivity contribution < 1.29 is 4.79 Å². The van der Waals surface area contributed by atoms with Crippen LogP contribution in [0.1, 0.15) is 30.6 Å². The summed E-state index contributed by atoms with van der Waals surface area (Å²) in [5.41, 5.74) is 2.20. The Bertz CT molecular complexity index is 679. The molecule has 2 N–H and O–H groups in total. The minimum atomic E-state index is 0.179. The first-order valence-corrected chi connectivity index (χ1v) is 8.68. The highest BCUT2D eigenvalue weighted by molar-refractivity contribution is 5.76. The van der Waals surface area contributed by atoms with E-state index in [4.69, 9.17) is 0 Å². The second kappa shape index (κ2) is 8.06. The van der Waals surface area contributed by atoms with E-state index >= 15 is 0 Å². The standard InChI is InChI=1S/C17H25N7O/c1-13(15-12-21-22-14(15)2)18-7-4-16(25)23-8-10-24(11-9-23)17-19-5-3-6-20-17/h3,5-6,12-13,18H,4,7-11H2,1-2H3,(H,21,22)/t13-/m0/s1. The first-order valence-electron chi connectivity index (χ1n) is 8.68. The van der Waals surface area contributed by atoms with E-state index in [1.165, 1.54) is 0 Å². The van der Waals surface area contributed by atoms with Crippen LogP contribution in [0.3, 0.4) is 0 Å². The van der Waals surface area contributed by atoms with E-state index in [0.29, 0.717) is 26.1 Å². The van der Waals surface area contributed by atoms with Gasteiger partial charge in [0.1, 0.15) is 0 Å². The second-order valence-electron chi connectivity index (χ2n) is 6.29. The molecule has 0 unspecified atom stereocenters. The van der Waals surface area contributed by atoms with E-state index in [1.807, 2.05) is 24.1 Å². The quantitative estimate of drug-likeness (QED) is 0.810. The number of H-pyrrole nitrogens is 1. The van der Waals surface area contributed by atoms with Crippen LogP contribution in [0.2, 0.25) is 0 Å². The van der Waals surface area contributed by atoms with Crippen molar-refractivity contribution in [2.24, 2.45) is 0 Å². The molecule has 0 radical (unpaired) electrons. The van der Waals surface area contributed by atoms with Gasteiger partial charge in [-0.15, -0.1) is 0 Å². The minimum Gasteiger partial charge on any atom is -0.339 e. The van der Waals surface area contributed by atoms with Gasteiger partial charge in [-0.1, -0.05) is 0 Å². The molecule has 1 atom stereocenters. The molecule has 0 spiro atoms. The Kier molecular flexibility index (Phi) is 5.60. The highest BCUT2D eigenvalue weighted by Crippen LogP contribution is 2.14. The SMILES string of the molecule is Cc1[nH]ncc1[C@H](C)NCCC(=O)N1CCN(c2ncccn2)CC1. The summed E-state index contributed by atoms with van der Waals surface area (Å²) < 4.78 is 0. The van der Waals surface area contributed by atoms with Crippen LogP contribution in [0.25, 0.3) is 0 Å². The third kappa shape index (κ3) is 4.33. The molecule has 134 valence electrons. The molecule has 1 aliphatic rings. The normalized spacial score (nSPS) is 16.1. The summed E-state index contributed by atoms with van der Waals surface area (Å²) in [6.07, 6.45) is 5.83. The zero-order chi connectivity index (χ0) is 17.6. The lowest BCUT2D eigenvalue weighted by Crippen LogP contribution is -2.49. The van der Waals surface area contributed by atoms with E-state index in [-0.39, 0.29) is 11.9 Å². The summed E-state index contributed by atoms with van der Waals surface area (Å²) in [6, 6.07) is 1.99. The summed E-state index contributed by atoms with van der Waals surface area (Å²) in [7, 11) is 0. The van der Waals surface area contributed by atoms with Crippen LogP contribution >= 0.6 is 0 Å². The maximum absolute atomic E-state index is 12.4. The van der Waals surface area contributed by atoms with Gasteiger partial charge in [-0.25, -0.2) is 9.97 Å². The van der Waals surface area contributed by atoms with E-state index in [1.54, 1.807) is 12.4 Å². The van der Waals surface area contributed by atoms with Gasteiger partial charge in [0.25, 0.3) is 0 Å². The molecule has 0 bridgehead atoms. The largest absolute Gasteiger partial charge is 0.339 e. The summed E-state index contributed by atoms with van der Waals surface area (Å²) in [5, 5.41) is 10.4. The van der Waals surface area contributed by atoms with Crippen molar-refractivity contribution in [3.63, 3.8) is 0 Å². The Balaban J connectivity index is 1.40. The number of aromatic nitrogens is 4. The minimum absolute atomic E-state index is 0.179. The Labute approximate surface area is 147 Å². The first kappa shape index (κ1) is 17.3. The zero-order valence-corrected chi connectivity index (χ0v) is 14.8. The fraction of sp³-hybridized carbons (Fsp3) is 0.529. The van der Waals surface area contributed by atoms with Gasteiger partial charge in [-0.05, 0) is 19.9 Å². The number of piperazine rings is 1. The van der Waals surface area contributed by atoms with Crippen LogP contribution in [0.4, 0.5) is 5.95 Å². The zero-order valence-electron chi connectivity index (χ0n) is 14.8. The van der Waals surface area contributed by atoms with Crippen LogP contribution in [0, 0.1) is 6.92 Å². The molecule has 8 heteroatoms. The van der Waals surface area contributed by atoms with Gasteiger partial charge < -0.3 is 15.1 Å². The van der Waals surface area contributed by atoms with Crippen LogP contribution in [0.15, 0.2) is 24.7 Å². The number of carbonyl (C=O) groups excluding carboxylic acids is 1. The lowest BCUT2D eigenvalue weighted by molar-refractivity contribution is -0.131.